The molecular weight excluding hydrogens is 274 g/mol. The first-order valence-electron chi connectivity index (χ1n) is 6.83. The second kappa shape index (κ2) is 4.86. The van der Waals surface area contributed by atoms with Gasteiger partial charge in [-0.2, -0.15) is 5.10 Å². The van der Waals surface area contributed by atoms with E-state index in [-0.39, 0.29) is 18.1 Å². The van der Waals surface area contributed by atoms with Crippen molar-refractivity contribution in [1.29, 1.82) is 0 Å². The van der Waals surface area contributed by atoms with E-state index in [0.717, 1.165) is 20.8 Å². The van der Waals surface area contributed by atoms with Crippen LogP contribution in [0.3, 0.4) is 0 Å². The van der Waals surface area contributed by atoms with Crippen LogP contribution in [0.4, 0.5) is 0 Å². The number of hydrogen-bond acceptors (Lipinski definition) is 4. The number of carbonyl (C=O) groups excluding carboxylic acids is 1. The Balaban J connectivity index is 1.93. The van der Waals surface area contributed by atoms with E-state index in [2.05, 4.69) is 5.10 Å². The number of fused-ring (bicyclic) bond motifs is 1. The van der Waals surface area contributed by atoms with Crippen molar-refractivity contribution in [2.75, 3.05) is 13.2 Å². The number of rotatable bonds is 1. The van der Waals surface area contributed by atoms with E-state index >= 15 is 0 Å². The van der Waals surface area contributed by atoms with Gasteiger partial charge in [0.15, 0.2) is 0 Å². The summed E-state index contributed by atoms with van der Waals surface area (Å²) in [5, 5.41) is 5.45. The number of morpholine rings is 1. The third-order valence-electron chi connectivity index (χ3n) is 3.78. The number of nitrogens with zero attached hydrogens (tertiary/aromatic N) is 3. The van der Waals surface area contributed by atoms with Gasteiger partial charge in [0.25, 0.3) is 5.91 Å². The molecule has 1 aliphatic rings. The van der Waals surface area contributed by atoms with E-state index in [1.165, 1.54) is 11.3 Å². The topological polar surface area (TPSA) is 47.4 Å². The summed E-state index contributed by atoms with van der Waals surface area (Å²) in [5.74, 6) is 0.105. The molecule has 20 heavy (non-hydrogen) atoms. The minimum atomic E-state index is 0.105. The van der Waals surface area contributed by atoms with Gasteiger partial charge in [0.05, 0.1) is 29.3 Å². The predicted octanol–water partition coefficient (Wildman–Crippen LogP) is 2.19. The fraction of sp³-hybridized carbons (Fsp3) is 0.571. The van der Waals surface area contributed by atoms with Gasteiger partial charge in [-0.1, -0.05) is 0 Å². The maximum atomic E-state index is 12.7. The van der Waals surface area contributed by atoms with Gasteiger partial charge in [0.2, 0.25) is 0 Å². The zero-order chi connectivity index (χ0) is 14.4. The molecule has 0 saturated carbocycles. The molecule has 2 aromatic rings. The van der Waals surface area contributed by atoms with Gasteiger partial charge in [0, 0.05) is 19.0 Å². The molecule has 1 saturated heterocycles. The van der Waals surface area contributed by atoms with Crippen LogP contribution in [0.1, 0.15) is 29.2 Å². The average Bonchev–Trinajstić information content (AvgIpc) is 2.95. The predicted molar refractivity (Wildman–Crippen MR) is 79.2 cm³/mol. The number of ether oxygens (including phenoxy) is 1. The van der Waals surface area contributed by atoms with Gasteiger partial charge in [-0.15, -0.1) is 11.3 Å². The molecule has 0 radical (unpaired) electrons. The first-order chi connectivity index (χ1) is 9.47. The van der Waals surface area contributed by atoms with Gasteiger partial charge in [-0.25, -0.2) is 0 Å². The van der Waals surface area contributed by atoms with Crippen LogP contribution >= 0.6 is 11.3 Å². The summed E-state index contributed by atoms with van der Waals surface area (Å²) >= 11 is 1.52. The quantitative estimate of drug-likeness (QED) is 0.810. The Labute approximate surface area is 122 Å². The fourth-order valence-electron chi connectivity index (χ4n) is 2.64. The zero-order valence-corrected chi connectivity index (χ0v) is 13.0. The van der Waals surface area contributed by atoms with Crippen LogP contribution in [-0.4, -0.2) is 45.9 Å². The van der Waals surface area contributed by atoms with Crippen LogP contribution < -0.4 is 0 Å². The molecular formula is C14H19N3O2S. The van der Waals surface area contributed by atoms with Crippen LogP contribution in [0, 0.1) is 6.92 Å². The monoisotopic (exact) mass is 293 g/mol. The van der Waals surface area contributed by atoms with Crippen molar-refractivity contribution < 1.29 is 9.53 Å². The number of amides is 1. The molecule has 0 aromatic carbocycles. The Morgan fingerprint density at radius 2 is 2.25 bits per heavy atom. The van der Waals surface area contributed by atoms with E-state index in [0.29, 0.717) is 13.2 Å². The summed E-state index contributed by atoms with van der Waals surface area (Å²) in [6.45, 7) is 7.28. The Bertz CT molecular complexity index is 626. The molecule has 2 atom stereocenters. The Morgan fingerprint density at radius 1 is 1.50 bits per heavy atom. The molecule has 5 nitrogen and oxygen atoms in total. The first-order valence-corrected chi connectivity index (χ1v) is 7.64. The van der Waals surface area contributed by atoms with E-state index < -0.39 is 0 Å². The van der Waals surface area contributed by atoms with Gasteiger partial charge in [-0.05, 0) is 26.8 Å². The van der Waals surface area contributed by atoms with Crippen molar-refractivity contribution in [2.45, 2.75) is 32.9 Å². The van der Waals surface area contributed by atoms with Gasteiger partial charge < -0.3 is 9.64 Å². The van der Waals surface area contributed by atoms with E-state index in [1.807, 2.05) is 43.5 Å². The minimum Gasteiger partial charge on any atom is -0.375 e. The van der Waals surface area contributed by atoms with Crippen molar-refractivity contribution in [1.82, 2.24) is 14.7 Å². The highest BCUT2D eigenvalue weighted by atomic mass is 32.1. The number of thiophene rings is 1. The molecule has 0 spiro atoms. The highest BCUT2D eigenvalue weighted by Gasteiger charge is 2.29. The van der Waals surface area contributed by atoms with Gasteiger partial charge in [-0.3, -0.25) is 9.48 Å². The Hall–Kier alpha value is -1.40. The fourth-order valence-corrected chi connectivity index (χ4v) is 3.72. The van der Waals surface area contributed by atoms with Crippen LogP contribution in [0.2, 0.25) is 0 Å². The molecule has 3 rings (SSSR count). The third-order valence-corrected chi connectivity index (χ3v) is 4.97. The summed E-state index contributed by atoms with van der Waals surface area (Å²) in [6.07, 6.45) is 0.105. The van der Waals surface area contributed by atoms with E-state index in [1.54, 1.807) is 0 Å². The molecule has 6 heteroatoms. The highest BCUT2D eigenvalue weighted by molar-refractivity contribution is 7.20. The molecule has 3 heterocycles. The zero-order valence-electron chi connectivity index (χ0n) is 12.2. The molecule has 108 valence electrons. The Morgan fingerprint density at radius 3 is 2.95 bits per heavy atom. The largest absolute Gasteiger partial charge is 0.375 e. The lowest BCUT2D eigenvalue weighted by atomic mass is 10.2. The van der Waals surface area contributed by atoms with Gasteiger partial charge >= 0.3 is 0 Å². The summed E-state index contributed by atoms with van der Waals surface area (Å²) in [4.78, 5) is 16.5. The lowest BCUT2D eigenvalue weighted by molar-refractivity contribution is -0.0385. The van der Waals surface area contributed by atoms with E-state index in [4.69, 9.17) is 4.74 Å². The summed E-state index contributed by atoms with van der Waals surface area (Å²) < 4.78 is 7.43. The normalized spacial score (nSPS) is 23.5. The van der Waals surface area contributed by atoms with Crippen LogP contribution in [0.5, 0.6) is 0 Å². The lowest BCUT2D eigenvalue weighted by Gasteiger charge is -2.36. The maximum Gasteiger partial charge on any atom is 0.264 e. The van der Waals surface area contributed by atoms with Crippen molar-refractivity contribution >= 4 is 27.5 Å². The lowest BCUT2D eigenvalue weighted by Crippen LogP contribution is -2.50. The van der Waals surface area contributed by atoms with Crippen molar-refractivity contribution in [2.24, 2.45) is 7.05 Å². The number of carbonyl (C=O) groups is 1. The van der Waals surface area contributed by atoms with Gasteiger partial charge in [0.1, 0.15) is 4.83 Å². The number of aryl methyl sites for hydroxylation is 2. The summed E-state index contributed by atoms with van der Waals surface area (Å²) in [5.41, 5.74) is 0.973. The smallest absolute Gasteiger partial charge is 0.264 e. The van der Waals surface area contributed by atoms with E-state index in [9.17, 15) is 4.79 Å². The maximum absolute atomic E-state index is 12.7. The molecule has 0 bridgehead atoms. The van der Waals surface area contributed by atoms with Crippen LogP contribution in [0.15, 0.2) is 6.07 Å². The SMILES string of the molecule is Cc1nn(C)c2sc(C(=O)N3C[C@@H](C)OC[C@H]3C)cc12. The molecule has 1 fully saturated rings. The van der Waals surface area contributed by atoms with Crippen LogP contribution in [0.25, 0.3) is 10.2 Å². The first kappa shape index (κ1) is 13.6. The molecule has 1 aliphatic heterocycles. The summed E-state index contributed by atoms with van der Waals surface area (Å²) in [6, 6.07) is 2.10. The molecule has 0 unspecified atom stereocenters. The molecule has 1 amide bonds. The second-order valence-corrected chi connectivity index (χ2v) is 6.52. The molecule has 0 aliphatic carbocycles. The number of hydrogen-bond donors (Lipinski definition) is 0. The average molecular weight is 293 g/mol. The third kappa shape index (κ3) is 2.13. The minimum absolute atomic E-state index is 0.105. The molecule has 2 aromatic heterocycles. The van der Waals surface area contributed by atoms with Crippen molar-refractivity contribution in [3.63, 3.8) is 0 Å². The standard InChI is InChI=1S/C14H19N3O2S/c1-8-7-19-9(2)6-17(8)13(18)12-5-11-10(3)15-16(4)14(11)20-12/h5,8-9H,6-7H2,1-4H3/t8-,9-/m1/s1. The molecule has 0 N–H and O–H groups in total. The van der Waals surface area contributed by atoms with Crippen molar-refractivity contribution in [3.8, 4) is 0 Å². The van der Waals surface area contributed by atoms with Crippen molar-refractivity contribution in [3.05, 3.63) is 16.6 Å². The second-order valence-electron chi connectivity index (χ2n) is 5.49. The summed E-state index contributed by atoms with van der Waals surface area (Å²) in [7, 11) is 1.92. The highest BCUT2D eigenvalue weighted by Crippen LogP contribution is 2.29. The Kier molecular flexibility index (Phi) is 3.30. The number of aromatic nitrogens is 2. The van der Waals surface area contributed by atoms with Crippen LogP contribution in [-0.2, 0) is 11.8 Å².